The third-order valence-corrected chi connectivity index (χ3v) is 6.74. The molecule has 0 saturated heterocycles. The van der Waals surface area contributed by atoms with Gasteiger partial charge in [-0.15, -0.1) is 0 Å². The largest absolute Gasteiger partial charge is 0.497 e. The van der Waals surface area contributed by atoms with Crippen molar-refractivity contribution in [2.75, 3.05) is 7.11 Å². The Bertz CT molecular complexity index is 918. The number of rotatable bonds is 8. The molecule has 3 rings (SSSR count). The molecule has 0 unspecified atom stereocenters. The third kappa shape index (κ3) is 5.81. The van der Waals surface area contributed by atoms with Crippen LogP contribution in [0.5, 0.6) is 5.75 Å². The second-order valence-electron chi connectivity index (χ2n) is 7.51. The van der Waals surface area contributed by atoms with E-state index in [4.69, 9.17) is 4.74 Å². The first-order valence-electron chi connectivity index (χ1n) is 9.90. The van der Waals surface area contributed by atoms with E-state index in [1.807, 2.05) is 6.92 Å². The van der Waals surface area contributed by atoms with Gasteiger partial charge < -0.3 is 10.1 Å². The minimum absolute atomic E-state index is 0.0356. The van der Waals surface area contributed by atoms with E-state index in [1.54, 1.807) is 55.6 Å². The summed E-state index contributed by atoms with van der Waals surface area (Å²) in [5.74, 6) is 0.522. The topological polar surface area (TPSA) is 84.5 Å². The Morgan fingerprint density at radius 2 is 1.69 bits per heavy atom. The van der Waals surface area contributed by atoms with Crippen molar-refractivity contribution in [1.29, 1.82) is 0 Å². The zero-order chi connectivity index (χ0) is 20.9. The van der Waals surface area contributed by atoms with Crippen molar-refractivity contribution in [3.05, 3.63) is 59.7 Å². The van der Waals surface area contributed by atoms with Crippen LogP contribution in [-0.4, -0.2) is 27.5 Å². The van der Waals surface area contributed by atoms with Gasteiger partial charge in [0.1, 0.15) is 5.75 Å². The SMILES string of the molecule is COc1ccc([C@H](CC(=O)NC2CCCC2)NS(=O)(=O)c2ccc(C)cc2)cc1. The van der Waals surface area contributed by atoms with Crippen molar-refractivity contribution < 1.29 is 17.9 Å². The number of ether oxygens (including phenoxy) is 1. The lowest BCUT2D eigenvalue weighted by Crippen LogP contribution is -2.37. The molecule has 0 heterocycles. The average molecular weight is 417 g/mol. The molecule has 156 valence electrons. The van der Waals surface area contributed by atoms with Gasteiger partial charge in [0.25, 0.3) is 0 Å². The summed E-state index contributed by atoms with van der Waals surface area (Å²) in [5.41, 5.74) is 1.69. The fraction of sp³-hybridized carbons (Fsp3) is 0.409. The summed E-state index contributed by atoms with van der Waals surface area (Å²) in [7, 11) is -2.20. The highest BCUT2D eigenvalue weighted by atomic mass is 32.2. The van der Waals surface area contributed by atoms with Gasteiger partial charge in [-0.05, 0) is 49.6 Å². The molecule has 29 heavy (non-hydrogen) atoms. The van der Waals surface area contributed by atoms with E-state index in [0.29, 0.717) is 11.3 Å². The normalized spacial score (nSPS) is 15.8. The number of aryl methyl sites for hydroxylation is 1. The minimum Gasteiger partial charge on any atom is -0.497 e. The van der Waals surface area contributed by atoms with Crippen LogP contribution >= 0.6 is 0 Å². The predicted octanol–water partition coefficient (Wildman–Crippen LogP) is 3.47. The smallest absolute Gasteiger partial charge is 0.241 e. The lowest BCUT2D eigenvalue weighted by atomic mass is 10.0. The quantitative estimate of drug-likeness (QED) is 0.690. The highest BCUT2D eigenvalue weighted by molar-refractivity contribution is 7.89. The van der Waals surface area contributed by atoms with Gasteiger partial charge in [0.15, 0.2) is 0 Å². The average Bonchev–Trinajstić information content (AvgIpc) is 3.20. The van der Waals surface area contributed by atoms with Crippen LogP contribution in [0.4, 0.5) is 0 Å². The zero-order valence-corrected chi connectivity index (χ0v) is 17.7. The molecular formula is C22H28N2O4S. The molecule has 1 fully saturated rings. The summed E-state index contributed by atoms with van der Waals surface area (Å²) in [6, 6.07) is 13.3. The van der Waals surface area contributed by atoms with Crippen molar-refractivity contribution in [3.63, 3.8) is 0 Å². The van der Waals surface area contributed by atoms with Crippen LogP contribution in [0.2, 0.25) is 0 Å². The summed E-state index contributed by atoms with van der Waals surface area (Å²) in [5, 5.41) is 3.04. The second kappa shape index (κ2) is 9.41. The predicted molar refractivity (Wildman–Crippen MR) is 112 cm³/mol. The van der Waals surface area contributed by atoms with Crippen LogP contribution in [0, 0.1) is 6.92 Å². The molecule has 2 N–H and O–H groups in total. The number of methoxy groups -OCH3 is 1. The number of hydrogen-bond acceptors (Lipinski definition) is 4. The lowest BCUT2D eigenvalue weighted by Gasteiger charge is -2.21. The number of carbonyl (C=O) groups is 1. The van der Waals surface area contributed by atoms with Gasteiger partial charge in [0.05, 0.1) is 18.0 Å². The van der Waals surface area contributed by atoms with E-state index in [-0.39, 0.29) is 23.3 Å². The molecule has 1 amide bonds. The van der Waals surface area contributed by atoms with Crippen molar-refractivity contribution in [2.24, 2.45) is 0 Å². The number of nitrogens with one attached hydrogen (secondary N) is 2. The molecule has 0 bridgehead atoms. The molecular weight excluding hydrogens is 388 g/mol. The number of hydrogen-bond donors (Lipinski definition) is 2. The van der Waals surface area contributed by atoms with Crippen LogP contribution in [0.3, 0.4) is 0 Å². The lowest BCUT2D eigenvalue weighted by molar-refractivity contribution is -0.122. The van der Waals surface area contributed by atoms with E-state index in [0.717, 1.165) is 31.2 Å². The van der Waals surface area contributed by atoms with Gasteiger partial charge in [-0.2, -0.15) is 0 Å². The molecule has 0 radical (unpaired) electrons. The fourth-order valence-electron chi connectivity index (χ4n) is 3.58. The summed E-state index contributed by atoms with van der Waals surface area (Å²) in [4.78, 5) is 12.8. The molecule has 0 spiro atoms. The maximum atomic E-state index is 12.9. The molecule has 1 aliphatic carbocycles. The van der Waals surface area contributed by atoms with Crippen LogP contribution in [0.15, 0.2) is 53.4 Å². The van der Waals surface area contributed by atoms with E-state index in [1.165, 1.54) is 0 Å². The number of carbonyl (C=O) groups excluding carboxylic acids is 1. The maximum absolute atomic E-state index is 12.9. The van der Waals surface area contributed by atoms with Crippen molar-refractivity contribution in [2.45, 2.75) is 56.0 Å². The monoisotopic (exact) mass is 416 g/mol. The van der Waals surface area contributed by atoms with Crippen LogP contribution < -0.4 is 14.8 Å². The summed E-state index contributed by atoms with van der Waals surface area (Å²) in [6.45, 7) is 1.90. The number of sulfonamides is 1. The number of benzene rings is 2. The zero-order valence-electron chi connectivity index (χ0n) is 16.9. The molecule has 2 aromatic carbocycles. The van der Waals surface area contributed by atoms with E-state index >= 15 is 0 Å². The Morgan fingerprint density at radius 3 is 2.28 bits per heavy atom. The summed E-state index contributed by atoms with van der Waals surface area (Å²) in [6.07, 6.45) is 4.23. The van der Waals surface area contributed by atoms with Gasteiger partial charge >= 0.3 is 0 Å². The van der Waals surface area contributed by atoms with Gasteiger partial charge in [-0.25, -0.2) is 13.1 Å². The Morgan fingerprint density at radius 1 is 1.07 bits per heavy atom. The van der Waals surface area contributed by atoms with Crippen molar-refractivity contribution >= 4 is 15.9 Å². The molecule has 1 saturated carbocycles. The van der Waals surface area contributed by atoms with Crippen molar-refractivity contribution in [1.82, 2.24) is 10.0 Å². The Kier molecular flexibility index (Phi) is 6.92. The molecule has 0 aliphatic heterocycles. The molecule has 6 nitrogen and oxygen atoms in total. The molecule has 0 aromatic heterocycles. The highest BCUT2D eigenvalue weighted by Crippen LogP contribution is 2.24. The van der Waals surface area contributed by atoms with Gasteiger partial charge in [-0.3, -0.25) is 4.79 Å². The second-order valence-corrected chi connectivity index (χ2v) is 9.23. The third-order valence-electron chi connectivity index (χ3n) is 5.26. The Hall–Kier alpha value is -2.38. The van der Waals surface area contributed by atoms with Gasteiger partial charge in [0.2, 0.25) is 15.9 Å². The Balaban J connectivity index is 1.80. The summed E-state index contributed by atoms with van der Waals surface area (Å²) < 4.78 is 33.7. The van der Waals surface area contributed by atoms with E-state index in [9.17, 15) is 13.2 Å². The van der Waals surface area contributed by atoms with Crippen LogP contribution in [-0.2, 0) is 14.8 Å². The van der Waals surface area contributed by atoms with Gasteiger partial charge in [0, 0.05) is 12.5 Å². The molecule has 1 atom stereocenters. The molecule has 2 aromatic rings. The first-order valence-corrected chi connectivity index (χ1v) is 11.4. The van der Waals surface area contributed by atoms with Crippen LogP contribution in [0.1, 0.15) is 49.3 Å². The van der Waals surface area contributed by atoms with Crippen LogP contribution in [0.25, 0.3) is 0 Å². The first-order chi connectivity index (χ1) is 13.9. The standard InChI is InChI=1S/C22H28N2O4S/c1-16-7-13-20(14-8-16)29(26,27)24-21(17-9-11-19(28-2)12-10-17)15-22(25)23-18-5-3-4-6-18/h7-14,18,21,24H,3-6,15H2,1-2H3,(H,23,25)/t21-/m0/s1. The molecule has 7 heteroatoms. The maximum Gasteiger partial charge on any atom is 0.241 e. The van der Waals surface area contributed by atoms with E-state index in [2.05, 4.69) is 10.0 Å². The Labute approximate surface area is 172 Å². The van der Waals surface area contributed by atoms with Crippen molar-refractivity contribution in [3.8, 4) is 5.75 Å². The summed E-state index contributed by atoms with van der Waals surface area (Å²) >= 11 is 0. The fourth-order valence-corrected chi connectivity index (χ4v) is 4.80. The minimum atomic E-state index is -3.77. The first kappa shape index (κ1) is 21.3. The van der Waals surface area contributed by atoms with Gasteiger partial charge in [-0.1, -0.05) is 42.7 Å². The van der Waals surface area contributed by atoms with E-state index < -0.39 is 16.1 Å². The number of amides is 1. The highest BCUT2D eigenvalue weighted by Gasteiger charge is 2.25. The molecule has 1 aliphatic rings.